The highest BCUT2D eigenvalue weighted by atomic mass is 32.1. The lowest BCUT2D eigenvalue weighted by Gasteiger charge is -2.21. The van der Waals surface area contributed by atoms with Gasteiger partial charge in [-0.3, -0.25) is 10.1 Å². The zero-order valence-electron chi connectivity index (χ0n) is 11.1. The highest BCUT2D eigenvalue weighted by molar-refractivity contribution is 7.10. The van der Waals surface area contributed by atoms with E-state index >= 15 is 0 Å². The zero-order valence-corrected chi connectivity index (χ0v) is 11.9. The molecule has 0 amide bonds. The van der Waals surface area contributed by atoms with Crippen molar-refractivity contribution < 1.29 is 4.92 Å². The molecule has 0 radical (unpaired) electrons. The molecule has 2 rings (SSSR count). The number of rotatable bonds is 5. The molecule has 0 saturated carbocycles. The van der Waals surface area contributed by atoms with Crippen molar-refractivity contribution in [1.29, 1.82) is 0 Å². The Labute approximate surface area is 120 Å². The summed E-state index contributed by atoms with van der Waals surface area (Å²) >= 11 is 1.59. The summed E-state index contributed by atoms with van der Waals surface area (Å²) in [5.41, 5.74) is 5.28. The molecule has 0 aliphatic carbocycles. The second kappa shape index (κ2) is 5.83. The molecular formula is C12H15N5O2S. The van der Waals surface area contributed by atoms with Crippen molar-refractivity contribution in [1.82, 2.24) is 9.97 Å². The minimum Gasteiger partial charge on any atom is -0.378 e. The van der Waals surface area contributed by atoms with Gasteiger partial charge in [-0.05, 0) is 17.4 Å². The highest BCUT2D eigenvalue weighted by Gasteiger charge is 2.25. The van der Waals surface area contributed by atoms with Crippen LogP contribution in [-0.2, 0) is 0 Å². The maximum atomic E-state index is 11.1. The smallest absolute Gasteiger partial charge is 0.353 e. The van der Waals surface area contributed by atoms with Crippen molar-refractivity contribution in [2.75, 3.05) is 11.1 Å². The molecule has 106 valence electrons. The van der Waals surface area contributed by atoms with Crippen LogP contribution in [0.1, 0.15) is 24.8 Å². The van der Waals surface area contributed by atoms with Crippen LogP contribution in [0.15, 0.2) is 23.8 Å². The number of nitrogens with one attached hydrogen (secondary N) is 1. The second-order valence-corrected chi connectivity index (χ2v) is 5.57. The van der Waals surface area contributed by atoms with E-state index in [0.29, 0.717) is 0 Å². The first-order valence-corrected chi connectivity index (χ1v) is 6.93. The van der Waals surface area contributed by atoms with E-state index in [1.165, 1.54) is 6.33 Å². The van der Waals surface area contributed by atoms with Crippen LogP contribution < -0.4 is 11.1 Å². The Morgan fingerprint density at radius 1 is 1.45 bits per heavy atom. The van der Waals surface area contributed by atoms with Crippen LogP contribution in [0.5, 0.6) is 0 Å². The number of hydrogen-bond donors (Lipinski definition) is 2. The predicted molar refractivity (Wildman–Crippen MR) is 78.6 cm³/mol. The van der Waals surface area contributed by atoms with E-state index in [9.17, 15) is 10.1 Å². The summed E-state index contributed by atoms with van der Waals surface area (Å²) in [6.45, 7) is 4.07. The third-order valence-electron chi connectivity index (χ3n) is 2.84. The molecule has 20 heavy (non-hydrogen) atoms. The molecule has 3 N–H and O–H groups in total. The maximum absolute atomic E-state index is 11.1. The average molecular weight is 293 g/mol. The fourth-order valence-electron chi connectivity index (χ4n) is 1.86. The Kier molecular flexibility index (Phi) is 4.14. The largest absolute Gasteiger partial charge is 0.378 e. The van der Waals surface area contributed by atoms with Gasteiger partial charge in [-0.1, -0.05) is 19.9 Å². The maximum Gasteiger partial charge on any atom is 0.353 e. The molecule has 8 heteroatoms. The highest BCUT2D eigenvalue weighted by Crippen LogP contribution is 2.33. The van der Waals surface area contributed by atoms with E-state index in [2.05, 4.69) is 15.3 Å². The Bertz CT molecular complexity index is 600. The lowest BCUT2D eigenvalue weighted by atomic mass is 10.0. The lowest BCUT2D eigenvalue weighted by molar-refractivity contribution is -0.383. The number of nitrogens with zero attached hydrogens (tertiary/aromatic N) is 3. The Morgan fingerprint density at radius 2 is 2.20 bits per heavy atom. The molecule has 0 aromatic carbocycles. The summed E-state index contributed by atoms with van der Waals surface area (Å²) in [5, 5.41) is 16.2. The van der Waals surface area contributed by atoms with Crippen LogP contribution >= 0.6 is 11.3 Å². The van der Waals surface area contributed by atoms with E-state index in [-0.39, 0.29) is 29.3 Å². The van der Waals surface area contributed by atoms with Gasteiger partial charge in [-0.2, -0.15) is 0 Å². The monoisotopic (exact) mass is 293 g/mol. The molecule has 0 aliphatic heterocycles. The van der Waals surface area contributed by atoms with Crippen molar-refractivity contribution in [3.05, 3.63) is 38.8 Å². The summed E-state index contributed by atoms with van der Waals surface area (Å²) in [6, 6.07) is 3.86. The Morgan fingerprint density at radius 3 is 2.75 bits per heavy atom. The fraction of sp³-hybridized carbons (Fsp3) is 0.333. The number of anilines is 2. The van der Waals surface area contributed by atoms with Gasteiger partial charge < -0.3 is 11.1 Å². The normalized spacial score (nSPS) is 12.3. The Hall–Kier alpha value is -2.22. The van der Waals surface area contributed by atoms with Gasteiger partial charge in [0.15, 0.2) is 0 Å². The molecule has 0 spiro atoms. The number of nitrogen functional groups attached to an aromatic ring is 1. The first kappa shape index (κ1) is 14.2. The van der Waals surface area contributed by atoms with Gasteiger partial charge >= 0.3 is 5.69 Å². The number of thiophene rings is 1. The molecule has 2 aromatic heterocycles. The average Bonchev–Trinajstić information content (AvgIpc) is 2.88. The first-order valence-electron chi connectivity index (χ1n) is 6.05. The minimum atomic E-state index is -0.566. The van der Waals surface area contributed by atoms with Crippen molar-refractivity contribution in [2.45, 2.75) is 19.9 Å². The third-order valence-corrected chi connectivity index (χ3v) is 3.80. The molecule has 2 heterocycles. The van der Waals surface area contributed by atoms with Gasteiger partial charge in [0, 0.05) is 4.88 Å². The number of aromatic nitrogens is 2. The molecule has 7 nitrogen and oxygen atoms in total. The summed E-state index contributed by atoms with van der Waals surface area (Å²) in [6.07, 6.45) is 1.22. The molecule has 0 bridgehead atoms. The van der Waals surface area contributed by atoms with Crippen molar-refractivity contribution in [2.24, 2.45) is 5.92 Å². The van der Waals surface area contributed by atoms with Crippen molar-refractivity contribution in [3.8, 4) is 0 Å². The van der Waals surface area contributed by atoms with Crippen LogP contribution in [0.25, 0.3) is 0 Å². The standard InChI is InChI=1S/C12H15N5O2S/c1-7(2)9(8-4-3-5-20-8)16-12-10(17(18)19)11(13)14-6-15-12/h3-7,9H,1-2H3,(H3,13,14,15,16). The van der Waals surface area contributed by atoms with E-state index in [0.717, 1.165) is 4.88 Å². The van der Waals surface area contributed by atoms with Crippen LogP contribution in [0.2, 0.25) is 0 Å². The van der Waals surface area contributed by atoms with Gasteiger partial charge in [-0.15, -0.1) is 11.3 Å². The molecule has 0 fully saturated rings. The van der Waals surface area contributed by atoms with Crippen LogP contribution in [-0.4, -0.2) is 14.9 Å². The van der Waals surface area contributed by atoms with Crippen LogP contribution in [0.3, 0.4) is 0 Å². The van der Waals surface area contributed by atoms with Gasteiger partial charge in [0.05, 0.1) is 11.0 Å². The minimum absolute atomic E-state index is 0.0667. The quantitative estimate of drug-likeness (QED) is 0.648. The molecule has 0 saturated heterocycles. The summed E-state index contributed by atoms with van der Waals surface area (Å²) in [5.74, 6) is 0.250. The van der Waals surface area contributed by atoms with E-state index in [1.54, 1.807) is 11.3 Å². The molecule has 1 atom stereocenters. The summed E-state index contributed by atoms with van der Waals surface area (Å²) in [7, 11) is 0. The van der Waals surface area contributed by atoms with Gasteiger partial charge in [0.25, 0.3) is 0 Å². The molecule has 1 unspecified atom stereocenters. The second-order valence-electron chi connectivity index (χ2n) is 4.59. The number of hydrogen-bond acceptors (Lipinski definition) is 7. The summed E-state index contributed by atoms with van der Waals surface area (Å²) in [4.78, 5) is 19.2. The molecule has 0 aliphatic rings. The SMILES string of the molecule is CC(C)C(Nc1ncnc(N)c1[N+](=O)[O-])c1cccs1. The van der Waals surface area contributed by atoms with E-state index < -0.39 is 4.92 Å². The summed E-state index contributed by atoms with van der Waals surface area (Å²) < 4.78 is 0. The van der Waals surface area contributed by atoms with E-state index in [1.807, 2.05) is 31.4 Å². The van der Waals surface area contributed by atoms with Gasteiger partial charge in [-0.25, -0.2) is 9.97 Å². The fourth-order valence-corrected chi connectivity index (χ4v) is 2.81. The Balaban J connectivity index is 2.37. The van der Waals surface area contributed by atoms with Gasteiger partial charge in [0.1, 0.15) is 6.33 Å². The topological polar surface area (TPSA) is 107 Å². The van der Waals surface area contributed by atoms with Crippen molar-refractivity contribution in [3.63, 3.8) is 0 Å². The van der Waals surface area contributed by atoms with Crippen LogP contribution in [0.4, 0.5) is 17.3 Å². The lowest BCUT2D eigenvalue weighted by Crippen LogP contribution is -2.18. The number of nitrogens with two attached hydrogens (primary N) is 1. The predicted octanol–water partition coefficient (Wildman–Crippen LogP) is 2.84. The number of nitro groups is 1. The third kappa shape index (κ3) is 2.85. The van der Waals surface area contributed by atoms with E-state index in [4.69, 9.17) is 5.73 Å². The zero-order chi connectivity index (χ0) is 14.7. The van der Waals surface area contributed by atoms with Gasteiger partial charge in [0.2, 0.25) is 11.6 Å². The first-order chi connectivity index (χ1) is 9.50. The van der Waals surface area contributed by atoms with Crippen molar-refractivity contribution >= 4 is 28.7 Å². The molecular weight excluding hydrogens is 278 g/mol. The van der Waals surface area contributed by atoms with Crippen LogP contribution in [0, 0.1) is 16.0 Å². The molecule has 2 aromatic rings.